The molecule has 1 aliphatic carbocycles. The van der Waals surface area contributed by atoms with Crippen molar-refractivity contribution in [3.63, 3.8) is 0 Å². The van der Waals surface area contributed by atoms with Gasteiger partial charge in [0.2, 0.25) is 0 Å². The van der Waals surface area contributed by atoms with Gasteiger partial charge in [-0.1, -0.05) is 66.7 Å². The average Bonchev–Trinajstić information content (AvgIpc) is 3.09. The minimum absolute atomic E-state index is 0.0134. The van der Waals surface area contributed by atoms with Crippen molar-refractivity contribution in [2.45, 2.75) is 24.3 Å². The van der Waals surface area contributed by atoms with Crippen molar-refractivity contribution in [1.29, 1.82) is 0 Å². The Morgan fingerprint density at radius 1 is 0.920 bits per heavy atom. The fourth-order valence-corrected chi connectivity index (χ4v) is 4.44. The Labute approximate surface area is 146 Å². The van der Waals surface area contributed by atoms with Crippen LogP contribution in [0.3, 0.4) is 0 Å². The lowest BCUT2D eigenvalue weighted by atomic mass is 9.68. The number of hydrogen-bond acceptors (Lipinski definition) is 3. The van der Waals surface area contributed by atoms with Crippen molar-refractivity contribution in [2.24, 2.45) is 10.2 Å². The molecule has 3 heteroatoms. The van der Waals surface area contributed by atoms with E-state index in [0.29, 0.717) is 6.54 Å². The Bertz CT molecular complexity index is 1020. The van der Waals surface area contributed by atoms with Gasteiger partial charge < -0.3 is 0 Å². The first-order valence-corrected chi connectivity index (χ1v) is 8.79. The topological polar surface area (TPSA) is 41.8 Å². The zero-order valence-electron chi connectivity index (χ0n) is 13.9. The molecule has 122 valence electrons. The van der Waals surface area contributed by atoms with E-state index in [4.69, 9.17) is 0 Å². The molecule has 0 fully saturated rings. The third-order valence-electron chi connectivity index (χ3n) is 5.72. The third-order valence-corrected chi connectivity index (χ3v) is 5.72. The van der Waals surface area contributed by atoms with E-state index in [2.05, 4.69) is 52.7 Å². The molecule has 0 amide bonds. The highest BCUT2D eigenvalue weighted by Gasteiger charge is 2.52. The zero-order valence-corrected chi connectivity index (χ0v) is 13.9. The molecule has 5 rings (SSSR count). The average molecular weight is 326 g/mol. The van der Waals surface area contributed by atoms with E-state index < -0.39 is 5.54 Å². The molecule has 1 heterocycles. The highest BCUT2D eigenvalue weighted by Crippen LogP contribution is 2.47. The number of azo groups is 1. The van der Waals surface area contributed by atoms with Crippen LogP contribution in [0, 0.1) is 0 Å². The molecule has 0 radical (unpaired) electrons. The number of nitrogens with zero attached hydrogens (tertiary/aromatic N) is 2. The lowest BCUT2D eigenvalue weighted by Crippen LogP contribution is -2.44. The standard InChI is InChI=1S/C22H18N2O/c25-21-18-10-4-2-7-16(18)12-13-22(21)20(14-23-24-22)19-11-5-8-15-6-1-3-9-17(15)19/h1-11,20H,12-14H2/t20-,22+/m1/s1. The van der Waals surface area contributed by atoms with Gasteiger partial charge >= 0.3 is 0 Å². The molecule has 2 atom stereocenters. The van der Waals surface area contributed by atoms with E-state index in [1.54, 1.807) is 0 Å². The molecule has 3 nitrogen and oxygen atoms in total. The van der Waals surface area contributed by atoms with Crippen molar-refractivity contribution in [1.82, 2.24) is 0 Å². The Kier molecular flexibility index (Phi) is 3.11. The van der Waals surface area contributed by atoms with Crippen LogP contribution in [-0.2, 0) is 6.42 Å². The maximum atomic E-state index is 13.4. The van der Waals surface area contributed by atoms with Gasteiger partial charge in [0, 0.05) is 11.5 Å². The second kappa shape index (κ2) is 5.35. The molecule has 3 aromatic carbocycles. The molecule has 1 spiro atoms. The first-order valence-electron chi connectivity index (χ1n) is 8.79. The van der Waals surface area contributed by atoms with Crippen molar-refractivity contribution in [3.8, 4) is 0 Å². The number of Topliss-reactive ketones (excluding diaryl/α,β-unsaturated/α-hetero) is 1. The smallest absolute Gasteiger partial charge is 0.193 e. The van der Waals surface area contributed by atoms with Crippen LogP contribution >= 0.6 is 0 Å². The molecule has 2 aliphatic rings. The number of ketones is 1. The number of carbonyl (C=O) groups is 1. The fraction of sp³-hybridized carbons (Fsp3) is 0.227. The fourth-order valence-electron chi connectivity index (χ4n) is 4.44. The van der Waals surface area contributed by atoms with Crippen LogP contribution in [0.1, 0.15) is 33.8 Å². The van der Waals surface area contributed by atoms with Gasteiger partial charge in [0.05, 0.1) is 6.54 Å². The van der Waals surface area contributed by atoms with Gasteiger partial charge in [-0.25, -0.2) is 0 Å². The van der Waals surface area contributed by atoms with Gasteiger partial charge in [0.1, 0.15) is 0 Å². The first-order chi connectivity index (χ1) is 12.3. The lowest BCUT2D eigenvalue weighted by Gasteiger charge is -2.35. The molecule has 3 aromatic rings. The highest BCUT2D eigenvalue weighted by atomic mass is 16.1. The van der Waals surface area contributed by atoms with E-state index in [0.717, 1.165) is 24.0 Å². The summed E-state index contributed by atoms with van der Waals surface area (Å²) in [5.41, 5.74) is 2.41. The van der Waals surface area contributed by atoms with Crippen LogP contribution in [0.2, 0.25) is 0 Å². The summed E-state index contributed by atoms with van der Waals surface area (Å²) in [5, 5.41) is 11.3. The number of carbonyl (C=O) groups excluding carboxylic acids is 1. The van der Waals surface area contributed by atoms with Crippen molar-refractivity contribution in [3.05, 3.63) is 83.4 Å². The van der Waals surface area contributed by atoms with E-state index in [1.807, 2.05) is 24.3 Å². The third kappa shape index (κ3) is 2.02. The Morgan fingerprint density at radius 3 is 2.68 bits per heavy atom. The summed E-state index contributed by atoms with van der Waals surface area (Å²) in [5.74, 6) is 0.146. The molecule has 1 aliphatic heterocycles. The molecule has 0 bridgehead atoms. The summed E-state index contributed by atoms with van der Waals surface area (Å²) in [6.07, 6.45) is 1.61. The molecule has 0 saturated heterocycles. The number of benzene rings is 3. The maximum Gasteiger partial charge on any atom is 0.193 e. The SMILES string of the molecule is O=C1c2ccccc2CC[C@@]12N=NC[C@@H]2c1cccc2ccccc12. The normalized spacial score (nSPS) is 24.8. The summed E-state index contributed by atoms with van der Waals surface area (Å²) >= 11 is 0. The predicted molar refractivity (Wildman–Crippen MR) is 98.2 cm³/mol. The number of rotatable bonds is 1. The molecule has 25 heavy (non-hydrogen) atoms. The number of aryl methyl sites for hydroxylation is 1. The Hall–Kier alpha value is -2.81. The Morgan fingerprint density at radius 2 is 1.72 bits per heavy atom. The minimum Gasteiger partial charge on any atom is -0.291 e. The van der Waals surface area contributed by atoms with E-state index >= 15 is 0 Å². The van der Waals surface area contributed by atoms with Crippen LogP contribution in [0.5, 0.6) is 0 Å². The summed E-state index contributed by atoms with van der Waals surface area (Å²) in [4.78, 5) is 13.4. The van der Waals surface area contributed by atoms with Crippen molar-refractivity contribution >= 4 is 16.6 Å². The monoisotopic (exact) mass is 326 g/mol. The van der Waals surface area contributed by atoms with Crippen LogP contribution in [0.4, 0.5) is 0 Å². The summed E-state index contributed by atoms with van der Waals surface area (Å²) < 4.78 is 0. The lowest BCUT2D eigenvalue weighted by molar-refractivity contribution is 0.0854. The van der Waals surface area contributed by atoms with Gasteiger partial charge in [-0.05, 0) is 34.7 Å². The van der Waals surface area contributed by atoms with Crippen LogP contribution in [0.15, 0.2) is 77.0 Å². The van der Waals surface area contributed by atoms with E-state index in [-0.39, 0.29) is 11.7 Å². The van der Waals surface area contributed by atoms with Gasteiger partial charge in [0.15, 0.2) is 11.3 Å². The zero-order chi connectivity index (χ0) is 16.9. The second-order valence-corrected chi connectivity index (χ2v) is 6.96. The summed E-state index contributed by atoms with van der Waals surface area (Å²) in [6, 6.07) is 22.6. The molecule has 0 saturated carbocycles. The predicted octanol–water partition coefficient (Wildman–Crippen LogP) is 4.96. The quantitative estimate of drug-likeness (QED) is 0.623. The van der Waals surface area contributed by atoms with Crippen LogP contribution in [0.25, 0.3) is 10.8 Å². The van der Waals surface area contributed by atoms with Crippen LogP contribution < -0.4 is 0 Å². The highest BCUT2D eigenvalue weighted by molar-refractivity contribution is 6.07. The van der Waals surface area contributed by atoms with Crippen LogP contribution in [-0.4, -0.2) is 17.9 Å². The molecule has 0 N–H and O–H groups in total. The minimum atomic E-state index is -0.738. The molecule has 0 aromatic heterocycles. The number of fused-ring (bicyclic) bond motifs is 2. The first kappa shape index (κ1) is 14.5. The second-order valence-electron chi connectivity index (χ2n) is 6.96. The van der Waals surface area contributed by atoms with Gasteiger partial charge in [0.25, 0.3) is 0 Å². The largest absolute Gasteiger partial charge is 0.291 e. The Balaban J connectivity index is 1.67. The summed E-state index contributed by atoms with van der Waals surface area (Å²) in [7, 11) is 0. The number of hydrogen-bond donors (Lipinski definition) is 0. The van der Waals surface area contributed by atoms with Crippen molar-refractivity contribution < 1.29 is 4.79 Å². The summed E-state index contributed by atoms with van der Waals surface area (Å²) in [6.45, 7) is 0.585. The maximum absolute atomic E-state index is 13.4. The van der Waals surface area contributed by atoms with Crippen molar-refractivity contribution in [2.75, 3.05) is 6.54 Å². The van der Waals surface area contributed by atoms with Gasteiger partial charge in [-0.2, -0.15) is 10.2 Å². The van der Waals surface area contributed by atoms with E-state index in [1.165, 1.54) is 16.3 Å². The van der Waals surface area contributed by atoms with Gasteiger partial charge in [-0.3, -0.25) is 4.79 Å². The molecular weight excluding hydrogens is 308 g/mol. The molecule has 0 unspecified atom stereocenters. The van der Waals surface area contributed by atoms with Gasteiger partial charge in [-0.15, -0.1) is 0 Å². The molecular formula is C22H18N2O. The van der Waals surface area contributed by atoms with E-state index in [9.17, 15) is 4.79 Å².